The van der Waals surface area contributed by atoms with Crippen molar-refractivity contribution in [1.82, 2.24) is 10.2 Å². The first kappa shape index (κ1) is 17.0. The zero-order valence-corrected chi connectivity index (χ0v) is 13.4. The molecule has 0 bridgehead atoms. The van der Waals surface area contributed by atoms with Crippen LogP contribution in [0.5, 0.6) is 0 Å². The Balaban J connectivity index is 1.79. The first-order chi connectivity index (χ1) is 9.33. The van der Waals surface area contributed by atoms with Gasteiger partial charge in [-0.3, -0.25) is 0 Å². The van der Waals surface area contributed by atoms with Gasteiger partial charge in [0, 0.05) is 12.6 Å². The van der Waals surface area contributed by atoms with Crippen LogP contribution in [-0.4, -0.2) is 37.1 Å². The van der Waals surface area contributed by atoms with Crippen molar-refractivity contribution in [2.45, 2.75) is 84.1 Å². The van der Waals surface area contributed by atoms with E-state index in [1.54, 1.807) is 0 Å². The van der Waals surface area contributed by atoms with Crippen molar-refractivity contribution in [3.05, 3.63) is 0 Å². The van der Waals surface area contributed by atoms with Gasteiger partial charge in [0.15, 0.2) is 0 Å². The summed E-state index contributed by atoms with van der Waals surface area (Å²) in [6.45, 7) is 9.73. The van der Waals surface area contributed by atoms with Crippen LogP contribution in [0.3, 0.4) is 0 Å². The molecule has 1 atom stereocenters. The molecule has 0 aromatic heterocycles. The molecule has 1 fully saturated rings. The van der Waals surface area contributed by atoms with E-state index in [0.29, 0.717) is 6.04 Å². The Kier molecular flexibility index (Phi) is 10.5. The summed E-state index contributed by atoms with van der Waals surface area (Å²) in [5, 5.41) is 3.68. The standard InChI is InChI=1S/C17H36N2/c1-3-4-5-6-7-8-9-10-13-18-17(2)16-19-14-11-12-15-19/h17-18H,3-16H2,1-2H3. The number of unbranched alkanes of at least 4 members (excludes halogenated alkanes) is 7. The number of likely N-dealkylation sites (tertiary alicyclic amines) is 1. The molecule has 0 aromatic carbocycles. The van der Waals surface area contributed by atoms with Gasteiger partial charge >= 0.3 is 0 Å². The van der Waals surface area contributed by atoms with E-state index in [2.05, 4.69) is 24.1 Å². The van der Waals surface area contributed by atoms with Crippen LogP contribution in [0.15, 0.2) is 0 Å². The molecule has 114 valence electrons. The van der Waals surface area contributed by atoms with E-state index in [4.69, 9.17) is 0 Å². The molecule has 0 radical (unpaired) electrons. The smallest absolute Gasteiger partial charge is 0.0166 e. The quantitative estimate of drug-likeness (QED) is 0.534. The Morgan fingerprint density at radius 2 is 1.47 bits per heavy atom. The fourth-order valence-corrected chi connectivity index (χ4v) is 3.02. The first-order valence-electron chi connectivity index (χ1n) is 8.78. The van der Waals surface area contributed by atoms with E-state index < -0.39 is 0 Å². The summed E-state index contributed by atoms with van der Waals surface area (Å²) in [6, 6.07) is 0.669. The van der Waals surface area contributed by atoms with Crippen LogP contribution in [-0.2, 0) is 0 Å². The zero-order chi connectivity index (χ0) is 13.8. The molecule has 1 rings (SSSR count). The average Bonchev–Trinajstić information content (AvgIpc) is 2.89. The van der Waals surface area contributed by atoms with Gasteiger partial charge in [0.2, 0.25) is 0 Å². The van der Waals surface area contributed by atoms with Crippen LogP contribution in [0.25, 0.3) is 0 Å². The molecule has 19 heavy (non-hydrogen) atoms. The average molecular weight is 268 g/mol. The van der Waals surface area contributed by atoms with E-state index in [0.717, 1.165) is 0 Å². The topological polar surface area (TPSA) is 15.3 Å². The number of nitrogens with one attached hydrogen (secondary N) is 1. The molecule has 2 heteroatoms. The van der Waals surface area contributed by atoms with Crippen molar-refractivity contribution < 1.29 is 0 Å². The maximum atomic E-state index is 3.68. The van der Waals surface area contributed by atoms with Gasteiger partial charge in [-0.05, 0) is 45.8 Å². The monoisotopic (exact) mass is 268 g/mol. The summed E-state index contributed by atoms with van der Waals surface area (Å²) in [5.74, 6) is 0. The van der Waals surface area contributed by atoms with Gasteiger partial charge in [-0.25, -0.2) is 0 Å². The van der Waals surface area contributed by atoms with Crippen LogP contribution < -0.4 is 5.32 Å². The van der Waals surface area contributed by atoms with Crippen LogP contribution in [0.2, 0.25) is 0 Å². The molecular weight excluding hydrogens is 232 g/mol. The molecule has 1 aliphatic rings. The highest BCUT2D eigenvalue weighted by molar-refractivity contribution is 4.72. The normalized spacial score (nSPS) is 18.0. The van der Waals surface area contributed by atoms with Crippen LogP contribution in [0.4, 0.5) is 0 Å². The van der Waals surface area contributed by atoms with Gasteiger partial charge < -0.3 is 10.2 Å². The molecule has 1 saturated heterocycles. The summed E-state index contributed by atoms with van der Waals surface area (Å²) < 4.78 is 0. The maximum absolute atomic E-state index is 3.68. The lowest BCUT2D eigenvalue weighted by Gasteiger charge is -2.21. The molecule has 2 nitrogen and oxygen atoms in total. The van der Waals surface area contributed by atoms with Gasteiger partial charge in [0.25, 0.3) is 0 Å². The van der Waals surface area contributed by atoms with Crippen LogP contribution in [0, 0.1) is 0 Å². The molecule has 0 amide bonds. The van der Waals surface area contributed by atoms with E-state index in [1.165, 1.54) is 90.4 Å². The Labute approximate surface area is 121 Å². The highest BCUT2D eigenvalue weighted by atomic mass is 15.2. The van der Waals surface area contributed by atoms with Gasteiger partial charge in [-0.15, -0.1) is 0 Å². The van der Waals surface area contributed by atoms with Gasteiger partial charge in [0.05, 0.1) is 0 Å². The lowest BCUT2D eigenvalue weighted by molar-refractivity contribution is 0.298. The third-order valence-electron chi connectivity index (χ3n) is 4.25. The predicted molar refractivity (Wildman–Crippen MR) is 85.7 cm³/mol. The van der Waals surface area contributed by atoms with Crippen molar-refractivity contribution in [2.75, 3.05) is 26.2 Å². The minimum atomic E-state index is 0.669. The Bertz CT molecular complexity index is 188. The number of hydrogen-bond acceptors (Lipinski definition) is 2. The number of rotatable bonds is 12. The molecule has 0 aromatic rings. The number of hydrogen-bond donors (Lipinski definition) is 1. The second kappa shape index (κ2) is 11.7. The fourth-order valence-electron chi connectivity index (χ4n) is 3.02. The highest BCUT2D eigenvalue weighted by Crippen LogP contribution is 2.09. The Hall–Kier alpha value is -0.0800. The second-order valence-corrected chi connectivity index (χ2v) is 6.34. The molecule has 1 aliphatic heterocycles. The molecule has 1 N–H and O–H groups in total. The van der Waals surface area contributed by atoms with Gasteiger partial charge in [-0.1, -0.05) is 51.9 Å². The van der Waals surface area contributed by atoms with Crippen molar-refractivity contribution >= 4 is 0 Å². The van der Waals surface area contributed by atoms with Crippen molar-refractivity contribution in [1.29, 1.82) is 0 Å². The zero-order valence-electron chi connectivity index (χ0n) is 13.4. The highest BCUT2D eigenvalue weighted by Gasteiger charge is 2.13. The van der Waals surface area contributed by atoms with Crippen molar-refractivity contribution in [2.24, 2.45) is 0 Å². The minimum Gasteiger partial charge on any atom is -0.313 e. The van der Waals surface area contributed by atoms with Gasteiger partial charge in [-0.2, -0.15) is 0 Å². The van der Waals surface area contributed by atoms with Crippen molar-refractivity contribution in [3.63, 3.8) is 0 Å². The van der Waals surface area contributed by atoms with E-state index in [1.807, 2.05) is 0 Å². The third kappa shape index (κ3) is 9.45. The summed E-state index contributed by atoms with van der Waals surface area (Å²) in [4.78, 5) is 2.60. The summed E-state index contributed by atoms with van der Waals surface area (Å²) in [5.41, 5.74) is 0. The van der Waals surface area contributed by atoms with Crippen molar-refractivity contribution in [3.8, 4) is 0 Å². The van der Waals surface area contributed by atoms with E-state index in [9.17, 15) is 0 Å². The van der Waals surface area contributed by atoms with Crippen LogP contribution in [0.1, 0.15) is 78.1 Å². The molecule has 0 saturated carbocycles. The van der Waals surface area contributed by atoms with Crippen LogP contribution >= 0.6 is 0 Å². The molecular formula is C17H36N2. The first-order valence-corrected chi connectivity index (χ1v) is 8.78. The fraction of sp³-hybridized carbons (Fsp3) is 1.00. The lowest BCUT2D eigenvalue weighted by Crippen LogP contribution is -2.38. The summed E-state index contributed by atoms with van der Waals surface area (Å²) in [7, 11) is 0. The third-order valence-corrected chi connectivity index (χ3v) is 4.25. The number of nitrogens with zero attached hydrogens (tertiary/aromatic N) is 1. The summed E-state index contributed by atoms with van der Waals surface area (Å²) >= 11 is 0. The maximum Gasteiger partial charge on any atom is 0.0166 e. The lowest BCUT2D eigenvalue weighted by atomic mass is 10.1. The van der Waals surface area contributed by atoms with E-state index in [-0.39, 0.29) is 0 Å². The predicted octanol–water partition coefficient (Wildman–Crippen LogP) is 4.20. The molecule has 1 heterocycles. The Morgan fingerprint density at radius 1 is 0.895 bits per heavy atom. The molecule has 1 unspecified atom stereocenters. The minimum absolute atomic E-state index is 0.669. The Morgan fingerprint density at radius 3 is 2.11 bits per heavy atom. The largest absolute Gasteiger partial charge is 0.313 e. The SMILES string of the molecule is CCCCCCCCCCNC(C)CN1CCCC1. The van der Waals surface area contributed by atoms with Gasteiger partial charge in [0.1, 0.15) is 0 Å². The molecule has 0 spiro atoms. The summed E-state index contributed by atoms with van der Waals surface area (Å²) in [6.07, 6.45) is 14.2. The van der Waals surface area contributed by atoms with E-state index >= 15 is 0 Å². The second-order valence-electron chi connectivity index (χ2n) is 6.34. The molecule has 0 aliphatic carbocycles.